The summed E-state index contributed by atoms with van der Waals surface area (Å²) in [6.07, 6.45) is 6.49. The van der Waals surface area contributed by atoms with Gasteiger partial charge in [0.1, 0.15) is 18.1 Å². The standard InChI is InChI=1S/C26H36N8O5/c1-15(26(38)39)32-25(37)22(11-17-13-29-14-31-17)34-24(36)21(8-4-5-9-27)33-23(35)19(28)10-16-12-30-20-7-3-2-6-18(16)20/h2-3,6-7,12-15,19,21-22,30H,4-5,8-11,27-28H2,1H3,(H,29,31)(H,32,37)(H,33,35)(H,34,36)(H,38,39). The van der Waals surface area contributed by atoms with Crippen molar-refractivity contribution in [3.05, 3.63) is 54.2 Å². The maximum Gasteiger partial charge on any atom is 0.325 e. The van der Waals surface area contributed by atoms with Gasteiger partial charge in [0.05, 0.1) is 12.4 Å². The molecule has 0 fully saturated rings. The van der Waals surface area contributed by atoms with E-state index >= 15 is 0 Å². The van der Waals surface area contributed by atoms with Crippen molar-refractivity contribution >= 4 is 34.6 Å². The van der Waals surface area contributed by atoms with Crippen LogP contribution in [-0.4, -0.2) is 74.5 Å². The van der Waals surface area contributed by atoms with Crippen molar-refractivity contribution in [2.75, 3.05) is 6.54 Å². The van der Waals surface area contributed by atoms with Crippen molar-refractivity contribution in [3.8, 4) is 0 Å². The number of fused-ring (bicyclic) bond motifs is 1. The largest absolute Gasteiger partial charge is 0.480 e. The number of H-pyrrole nitrogens is 2. The van der Waals surface area contributed by atoms with E-state index in [4.69, 9.17) is 11.5 Å². The highest BCUT2D eigenvalue weighted by molar-refractivity contribution is 5.94. The zero-order chi connectivity index (χ0) is 28.4. The number of aliphatic carboxylic acids is 1. The molecule has 4 unspecified atom stereocenters. The second kappa shape index (κ2) is 14.1. The first-order valence-electron chi connectivity index (χ1n) is 12.8. The van der Waals surface area contributed by atoms with Crippen LogP contribution in [0.1, 0.15) is 37.4 Å². The van der Waals surface area contributed by atoms with Gasteiger partial charge in [-0.15, -0.1) is 0 Å². The van der Waals surface area contributed by atoms with Crippen LogP contribution in [0.15, 0.2) is 43.0 Å². The van der Waals surface area contributed by atoms with E-state index in [1.165, 1.54) is 19.4 Å². The van der Waals surface area contributed by atoms with Crippen LogP contribution >= 0.6 is 0 Å². The molecule has 2 aromatic heterocycles. The van der Waals surface area contributed by atoms with Gasteiger partial charge >= 0.3 is 5.97 Å². The fourth-order valence-electron chi connectivity index (χ4n) is 4.14. The molecule has 0 aliphatic carbocycles. The van der Waals surface area contributed by atoms with Crippen molar-refractivity contribution in [2.45, 2.75) is 63.2 Å². The van der Waals surface area contributed by atoms with Crippen molar-refractivity contribution in [1.29, 1.82) is 0 Å². The predicted octanol–water partition coefficient (Wildman–Crippen LogP) is -0.309. The molecule has 4 atom stereocenters. The highest BCUT2D eigenvalue weighted by Gasteiger charge is 2.30. The quantitative estimate of drug-likeness (QED) is 0.119. The summed E-state index contributed by atoms with van der Waals surface area (Å²) in [6.45, 7) is 1.74. The highest BCUT2D eigenvalue weighted by Crippen LogP contribution is 2.19. The van der Waals surface area contributed by atoms with Gasteiger partial charge in [-0.2, -0.15) is 0 Å². The molecule has 0 spiro atoms. The minimum Gasteiger partial charge on any atom is -0.480 e. The monoisotopic (exact) mass is 540 g/mol. The number of rotatable bonds is 15. The van der Waals surface area contributed by atoms with Crippen LogP contribution in [0.5, 0.6) is 0 Å². The first-order valence-corrected chi connectivity index (χ1v) is 12.8. The van der Waals surface area contributed by atoms with E-state index < -0.39 is 47.9 Å². The fourth-order valence-corrected chi connectivity index (χ4v) is 4.14. The lowest BCUT2D eigenvalue weighted by Crippen LogP contribution is -2.57. The zero-order valence-electron chi connectivity index (χ0n) is 21.8. The number of carbonyl (C=O) groups is 4. The number of carbonyl (C=O) groups excluding carboxylic acids is 3. The van der Waals surface area contributed by atoms with Gasteiger partial charge < -0.3 is 42.5 Å². The van der Waals surface area contributed by atoms with Gasteiger partial charge in [-0.05, 0) is 50.8 Å². The van der Waals surface area contributed by atoms with Crippen LogP contribution in [-0.2, 0) is 32.0 Å². The molecule has 3 rings (SSSR count). The molecule has 3 amide bonds. The van der Waals surface area contributed by atoms with Crippen LogP contribution in [0.4, 0.5) is 0 Å². The summed E-state index contributed by atoms with van der Waals surface area (Å²) < 4.78 is 0. The second-order valence-corrected chi connectivity index (χ2v) is 9.43. The van der Waals surface area contributed by atoms with E-state index in [-0.39, 0.29) is 19.3 Å². The number of aromatic nitrogens is 3. The number of carboxylic acids is 1. The molecule has 2 heterocycles. The number of para-hydroxylation sites is 1. The van der Waals surface area contributed by atoms with Crippen LogP contribution in [0, 0.1) is 0 Å². The molecule has 3 aromatic rings. The highest BCUT2D eigenvalue weighted by atomic mass is 16.4. The average molecular weight is 541 g/mol. The molecular weight excluding hydrogens is 504 g/mol. The molecule has 0 saturated carbocycles. The number of amides is 3. The summed E-state index contributed by atoms with van der Waals surface area (Å²) in [5.74, 6) is -3.01. The Morgan fingerprint density at radius 2 is 1.69 bits per heavy atom. The maximum atomic E-state index is 13.3. The third-order valence-corrected chi connectivity index (χ3v) is 6.37. The van der Waals surface area contributed by atoms with Gasteiger partial charge in [-0.3, -0.25) is 19.2 Å². The van der Waals surface area contributed by atoms with Crippen LogP contribution in [0.25, 0.3) is 10.9 Å². The number of unbranched alkanes of at least 4 members (excludes halogenated alkanes) is 1. The van der Waals surface area contributed by atoms with E-state index in [2.05, 4.69) is 30.9 Å². The summed E-state index contributed by atoms with van der Waals surface area (Å²) in [5.41, 5.74) is 14.2. The molecule has 210 valence electrons. The maximum absolute atomic E-state index is 13.3. The van der Waals surface area contributed by atoms with Crippen molar-refractivity contribution in [2.24, 2.45) is 11.5 Å². The molecule has 1 aromatic carbocycles. The third-order valence-electron chi connectivity index (χ3n) is 6.37. The number of aromatic amines is 2. The summed E-state index contributed by atoms with van der Waals surface area (Å²) in [5, 5.41) is 17.9. The van der Waals surface area contributed by atoms with E-state index in [1.807, 2.05) is 24.3 Å². The van der Waals surface area contributed by atoms with Gasteiger partial charge in [-0.1, -0.05) is 18.2 Å². The average Bonchev–Trinajstić information content (AvgIpc) is 3.57. The SMILES string of the molecule is CC(NC(=O)C(Cc1cnc[nH]1)NC(=O)C(CCCCN)NC(=O)C(N)Cc1c[nH]c2ccccc12)C(=O)O. The number of nitrogens with zero attached hydrogens (tertiary/aromatic N) is 1. The summed E-state index contributed by atoms with van der Waals surface area (Å²) in [7, 11) is 0. The van der Waals surface area contributed by atoms with E-state index in [0.29, 0.717) is 25.1 Å². The predicted molar refractivity (Wildman–Crippen MR) is 144 cm³/mol. The van der Waals surface area contributed by atoms with Crippen molar-refractivity contribution < 1.29 is 24.3 Å². The molecule has 13 nitrogen and oxygen atoms in total. The third kappa shape index (κ3) is 8.38. The number of nitrogens with one attached hydrogen (secondary N) is 5. The van der Waals surface area contributed by atoms with Gasteiger partial charge in [0, 0.05) is 35.4 Å². The number of benzene rings is 1. The normalized spacial score (nSPS) is 14.2. The number of imidazole rings is 1. The summed E-state index contributed by atoms with van der Waals surface area (Å²) in [4.78, 5) is 60.4. The minimum absolute atomic E-state index is 0.0352. The molecule has 0 aliphatic heterocycles. The van der Waals surface area contributed by atoms with Crippen molar-refractivity contribution in [1.82, 2.24) is 30.9 Å². The Labute approximate surface area is 225 Å². The Bertz CT molecular complexity index is 1260. The Morgan fingerprint density at radius 1 is 0.974 bits per heavy atom. The topological polar surface area (TPSA) is 221 Å². The molecule has 0 bridgehead atoms. The van der Waals surface area contributed by atoms with Gasteiger partial charge in [0.15, 0.2) is 0 Å². The molecule has 0 aliphatic rings. The zero-order valence-corrected chi connectivity index (χ0v) is 21.8. The molecular formula is C26H36N8O5. The number of hydrogen-bond acceptors (Lipinski definition) is 7. The summed E-state index contributed by atoms with van der Waals surface area (Å²) in [6, 6.07) is 3.48. The minimum atomic E-state index is -1.22. The molecule has 13 heteroatoms. The van der Waals surface area contributed by atoms with E-state index in [1.54, 1.807) is 6.20 Å². The van der Waals surface area contributed by atoms with E-state index in [0.717, 1.165) is 16.5 Å². The Balaban J connectivity index is 1.71. The Morgan fingerprint density at radius 3 is 2.38 bits per heavy atom. The lowest BCUT2D eigenvalue weighted by Gasteiger charge is -2.24. The van der Waals surface area contributed by atoms with Gasteiger partial charge in [0.25, 0.3) is 0 Å². The number of hydrogen-bond donors (Lipinski definition) is 8. The molecule has 10 N–H and O–H groups in total. The van der Waals surface area contributed by atoms with Gasteiger partial charge in [0.2, 0.25) is 17.7 Å². The fraction of sp³-hybridized carbons (Fsp3) is 0.423. The van der Waals surface area contributed by atoms with Crippen molar-refractivity contribution in [3.63, 3.8) is 0 Å². The Hall–Kier alpha value is -4.23. The lowest BCUT2D eigenvalue weighted by molar-refractivity contribution is -0.141. The molecule has 39 heavy (non-hydrogen) atoms. The van der Waals surface area contributed by atoms with E-state index in [9.17, 15) is 24.3 Å². The molecule has 0 saturated heterocycles. The van der Waals surface area contributed by atoms with Crippen LogP contribution < -0.4 is 27.4 Å². The summed E-state index contributed by atoms with van der Waals surface area (Å²) >= 11 is 0. The Kier molecular flexibility index (Phi) is 10.6. The van der Waals surface area contributed by atoms with Crippen LogP contribution in [0.2, 0.25) is 0 Å². The smallest absolute Gasteiger partial charge is 0.325 e. The van der Waals surface area contributed by atoms with Crippen LogP contribution in [0.3, 0.4) is 0 Å². The molecule has 0 radical (unpaired) electrons. The first kappa shape index (κ1) is 29.3. The first-order chi connectivity index (χ1) is 18.7. The lowest BCUT2D eigenvalue weighted by atomic mass is 10.0. The second-order valence-electron chi connectivity index (χ2n) is 9.43. The number of nitrogens with two attached hydrogens (primary N) is 2. The van der Waals surface area contributed by atoms with Gasteiger partial charge in [-0.25, -0.2) is 4.98 Å². The number of carboxylic acid groups (broad SMARTS) is 1.